The summed E-state index contributed by atoms with van der Waals surface area (Å²) in [4.78, 5) is 10.5. The number of likely N-dealkylation sites (tertiary alicyclic amines) is 1. The van der Waals surface area contributed by atoms with Gasteiger partial charge in [0.1, 0.15) is 0 Å². The highest BCUT2D eigenvalue weighted by atomic mass is 16.3. The van der Waals surface area contributed by atoms with Crippen molar-refractivity contribution in [3.63, 3.8) is 0 Å². The molecule has 3 rings (SSSR count). The molecule has 4 nitrogen and oxygen atoms in total. The summed E-state index contributed by atoms with van der Waals surface area (Å²) in [7, 11) is 0. The normalized spacial score (nSPS) is 24.9. The molecule has 0 aromatic carbocycles. The quantitative estimate of drug-likeness (QED) is 0.777. The van der Waals surface area contributed by atoms with E-state index in [0.29, 0.717) is 5.92 Å². The lowest BCUT2D eigenvalue weighted by molar-refractivity contribution is -0.117. The molecule has 0 atom stereocenters. The fourth-order valence-corrected chi connectivity index (χ4v) is 2.36. The van der Waals surface area contributed by atoms with Crippen LogP contribution in [0.2, 0.25) is 0 Å². The Bertz CT molecular complexity index is 344. The van der Waals surface area contributed by atoms with Gasteiger partial charge in [-0.1, -0.05) is 0 Å². The van der Waals surface area contributed by atoms with E-state index in [1.807, 2.05) is 0 Å². The Hall–Kier alpha value is -1.00. The van der Waals surface area contributed by atoms with E-state index in [2.05, 4.69) is 14.9 Å². The van der Waals surface area contributed by atoms with Crippen molar-refractivity contribution in [2.75, 3.05) is 13.1 Å². The number of aromatic nitrogens is 2. The van der Waals surface area contributed by atoms with E-state index in [4.69, 9.17) is 0 Å². The first-order valence-electron chi connectivity index (χ1n) is 5.46. The van der Waals surface area contributed by atoms with Crippen molar-refractivity contribution in [2.45, 2.75) is 25.0 Å². The first kappa shape index (κ1) is 9.24. The lowest BCUT2D eigenvalue weighted by Crippen LogP contribution is -2.62. The third-order valence-corrected chi connectivity index (χ3v) is 3.33. The van der Waals surface area contributed by atoms with Crippen molar-refractivity contribution < 1.29 is 5.11 Å². The van der Waals surface area contributed by atoms with Gasteiger partial charge in [-0.3, -0.25) is 14.9 Å². The molecule has 1 saturated carbocycles. The van der Waals surface area contributed by atoms with E-state index in [9.17, 15) is 5.11 Å². The molecule has 0 amide bonds. The van der Waals surface area contributed by atoms with Crippen LogP contribution in [-0.4, -0.2) is 38.7 Å². The number of nitrogens with zero attached hydrogens (tertiary/aromatic N) is 3. The largest absolute Gasteiger partial charge is 0.387 e. The van der Waals surface area contributed by atoms with Crippen LogP contribution in [0.4, 0.5) is 0 Å². The third-order valence-electron chi connectivity index (χ3n) is 3.33. The van der Waals surface area contributed by atoms with Gasteiger partial charge in [0.05, 0.1) is 11.3 Å². The third kappa shape index (κ3) is 1.75. The number of rotatable bonds is 3. The fourth-order valence-electron chi connectivity index (χ4n) is 2.36. The molecular formula is C11H15N3O. The maximum absolute atomic E-state index is 10.1. The summed E-state index contributed by atoms with van der Waals surface area (Å²) in [6.45, 7) is 2.41. The van der Waals surface area contributed by atoms with Gasteiger partial charge in [0.15, 0.2) is 0 Å². The van der Waals surface area contributed by atoms with E-state index in [0.717, 1.165) is 25.3 Å². The highest BCUT2D eigenvalue weighted by Crippen LogP contribution is 2.44. The van der Waals surface area contributed by atoms with Gasteiger partial charge in [0.25, 0.3) is 0 Å². The van der Waals surface area contributed by atoms with E-state index in [1.54, 1.807) is 18.6 Å². The Labute approximate surface area is 89.0 Å². The molecule has 1 N–H and O–H groups in total. The van der Waals surface area contributed by atoms with Crippen LogP contribution in [0.1, 0.15) is 18.5 Å². The molecule has 2 fully saturated rings. The highest BCUT2D eigenvalue weighted by molar-refractivity contribution is 5.07. The molecule has 4 heteroatoms. The maximum Gasteiger partial charge on any atom is 0.0928 e. The predicted octanol–water partition coefficient (Wildman–Crippen LogP) is 0.433. The summed E-state index contributed by atoms with van der Waals surface area (Å²) in [6.07, 6.45) is 7.59. The summed E-state index contributed by atoms with van der Waals surface area (Å²) < 4.78 is 0. The molecule has 0 unspecified atom stereocenters. The number of β-amino-alcohol motifs (C(OH)–C–C–N with tert-alkyl or cyclic N) is 1. The first-order valence-corrected chi connectivity index (χ1v) is 5.46. The van der Waals surface area contributed by atoms with Crippen molar-refractivity contribution >= 4 is 0 Å². The van der Waals surface area contributed by atoms with Crippen molar-refractivity contribution in [3.05, 3.63) is 24.3 Å². The van der Waals surface area contributed by atoms with Crippen LogP contribution in [0.3, 0.4) is 0 Å². The van der Waals surface area contributed by atoms with Gasteiger partial charge < -0.3 is 5.11 Å². The van der Waals surface area contributed by atoms with Crippen LogP contribution in [0.5, 0.6) is 0 Å². The second kappa shape index (κ2) is 3.25. The van der Waals surface area contributed by atoms with Crippen molar-refractivity contribution in [1.82, 2.24) is 14.9 Å². The summed E-state index contributed by atoms with van der Waals surface area (Å²) in [6, 6.07) is 0. The number of hydrogen-bond donors (Lipinski definition) is 1. The molecule has 0 bridgehead atoms. The summed E-state index contributed by atoms with van der Waals surface area (Å²) in [5.74, 6) is 0.565. The lowest BCUT2D eigenvalue weighted by Gasteiger charge is -2.46. The Morgan fingerprint density at radius 3 is 2.80 bits per heavy atom. The van der Waals surface area contributed by atoms with Gasteiger partial charge in [-0.15, -0.1) is 0 Å². The van der Waals surface area contributed by atoms with Crippen LogP contribution in [0.15, 0.2) is 18.6 Å². The highest BCUT2D eigenvalue weighted by Gasteiger charge is 2.51. The average Bonchev–Trinajstić information content (AvgIpc) is 3.00. The monoisotopic (exact) mass is 205 g/mol. The second-order valence-electron chi connectivity index (χ2n) is 4.72. The molecule has 0 radical (unpaired) electrons. The standard InChI is InChI=1S/C11H15N3O/c15-11(9-1-2-9)7-14(8-11)6-10-5-12-3-4-13-10/h3-5,9,15H,1-2,6-8H2. The van der Waals surface area contributed by atoms with Gasteiger partial charge >= 0.3 is 0 Å². The van der Waals surface area contributed by atoms with Crippen molar-refractivity contribution in [2.24, 2.45) is 5.92 Å². The SMILES string of the molecule is OC1(C2CC2)CN(Cc2cnccn2)C1. The molecule has 80 valence electrons. The summed E-state index contributed by atoms with van der Waals surface area (Å²) in [5.41, 5.74) is 0.595. The minimum absolute atomic E-state index is 0.387. The predicted molar refractivity (Wildman–Crippen MR) is 55.0 cm³/mol. The Balaban J connectivity index is 1.55. The van der Waals surface area contributed by atoms with Gasteiger partial charge in [0.2, 0.25) is 0 Å². The van der Waals surface area contributed by atoms with Crippen LogP contribution in [-0.2, 0) is 6.54 Å². The lowest BCUT2D eigenvalue weighted by atomic mass is 9.89. The van der Waals surface area contributed by atoms with Crippen molar-refractivity contribution in [1.29, 1.82) is 0 Å². The smallest absolute Gasteiger partial charge is 0.0928 e. The summed E-state index contributed by atoms with van der Waals surface area (Å²) in [5, 5.41) is 10.1. The molecule has 1 aromatic heterocycles. The second-order valence-corrected chi connectivity index (χ2v) is 4.72. The zero-order valence-corrected chi connectivity index (χ0v) is 8.63. The van der Waals surface area contributed by atoms with Crippen LogP contribution in [0, 0.1) is 5.92 Å². The van der Waals surface area contributed by atoms with Crippen LogP contribution < -0.4 is 0 Å². The van der Waals surface area contributed by atoms with E-state index >= 15 is 0 Å². The summed E-state index contributed by atoms with van der Waals surface area (Å²) >= 11 is 0. The number of aliphatic hydroxyl groups is 1. The van der Waals surface area contributed by atoms with Gasteiger partial charge in [0, 0.05) is 38.2 Å². The molecule has 1 saturated heterocycles. The zero-order chi connectivity index (χ0) is 10.3. The maximum atomic E-state index is 10.1. The Morgan fingerprint density at radius 2 is 2.20 bits per heavy atom. The molecule has 1 aromatic rings. The molecule has 2 aliphatic rings. The molecule has 2 heterocycles. The van der Waals surface area contributed by atoms with Crippen molar-refractivity contribution in [3.8, 4) is 0 Å². The van der Waals surface area contributed by atoms with E-state index < -0.39 is 0 Å². The Morgan fingerprint density at radius 1 is 1.40 bits per heavy atom. The minimum atomic E-state index is -0.387. The molecule has 0 spiro atoms. The van der Waals surface area contributed by atoms with Crippen LogP contribution in [0.25, 0.3) is 0 Å². The fraction of sp³-hybridized carbons (Fsp3) is 0.636. The van der Waals surface area contributed by atoms with Gasteiger partial charge in [-0.05, 0) is 18.8 Å². The number of hydrogen-bond acceptors (Lipinski definition) is 4. The van der Waals surface area contributed by atoms with Gasteiger partial charge in [-0.2, -0.15) is 0 Å². The average molecular weight is 205 g/mol. The van der Waals surface area contributed by atoms with E-state index in [-0.39, 0.29) is 5.60 Å². The van der Waals surface area contributed by atoms with E-state index in [1.165, 1.54) is 12.8 Å². The zero-order valence-electron chi connectivity index (χ0n) is 8.63. The van der Waals surface area contributed by atoms with Gasteiger partial charge in [-0.25, -0.2) is 0 Å². The first-order chi connectivity index (χ1) is 7.26. The topological polar surface area (TPSA) is 49.2 Å². The molecular weight excluding hydrogens is 190 g/mol. The molecule has 1 aliphatic carbocycles. The Kier molecular flexibility index (Phi) is 2.00. The minimum Gasteiger partial charge on any atom is -0.387 e. The van der Waals surface area contributed by atoms with Crippen LogP contribution >= 0.6 is 0 Å². The molecule has 15 heavy (non-hydrogen) atoms. The molecule has 1 aliphatic heterocycles.